The second-order valence-electron chi connectivity index (χ2n) is 7.92. The molecular weight excluding hydrogens is 475 g/mol. The van der Waals surface area contributed by atoms with Crippen molar-refractivity contribution in [3.8, 4) is 5.75 Å². The van der Waals surface area contributed by atoms with Crippen molar-refractivity contribution >= 4 is 29.3 Å². The van der Waals surface area contributed by atoms with Crippen molar-refractivity contribution < 1.29 is 32.2 Å². The van der Waals surface area contributed by atoms with Crippen molar-refractivity contribution in [1.29, 1.82) is 0 Å². The first-order chi connectivity index (χ1) is 16.0. The highest BCUT2D eigenvalue weighted by molar-refractivity contribution is 6.33. The number of esters is 1. The second-order valence-corrected chi connectivity index (χ2v) is 8.33. The van der Waals surface area contributed by atoms with E-state index in [0.29, 0.717) is 31.9 Å². The number of pyridine rings is 1. The summed E-state index contributed by atoms with van der Waals surface area (Å²) in [6.45, 7) is 4.87. The number of anilines is 1. The average molecular weight is 500 g/mol. The summed E-state index contributed by atoms with van der Waals surface area (Å²) in [5.41, 5.74) is 1.09. The van der Waals surface area contributed by atoms with Crippen LogP contribution in [0.25, 0.3) is 0 Å². The van der Waals surface area contributed by atoms with Crippen LogP contribution in [0.2, 0.25) is 5.02 Å². The summed E-state index contributed by atoms with van der Waals surface area (Å²) in [6, 6.07) is 6.63. The van der Waals surface area contributed by atoms with Crippen LogP contribution in [0, 0.1) is 13.8 Å². The van der Waals surface area contributed by atoms with Gasteiger partial charge in [-0.2, -0.15) is 13.2 Å². The molecule has 0 spiro atoms. The summed E-state index contributed by atoms with van der Waals surface area (Å²) in [4.78, 5) is 31.4. The first kappa shape index (κ1) is 25.6. The number of carbonyl (C=O) groups is 2. The number of aromatic nitrogens is 1. The van der Waals surface area contributed by atoms with Gasteiger partial charge in [-0.05, 0) is 37.1 Å². The minimum atomic E-state index is -4.52. The van der Waals surface area contributed by atoms with E-state index in [4.69, 9.17) is 21.1 Å². The molecule has 0 N–H and O–H groups in total. The van der Waals surface area contributed by atoms with Crippen LogP contribution in [0.4, 0.5) is 19.0 Å². The van der Waals surface area contributed by atoms with Gasteiger partial charge in [-0.25, -0.2) is 4.98 Å². The van der Waals surface area contributed by atoms with Crippen molar-refractivity contribution in [2.24, 2.45) is 0 Å². The van der Waals surface area contributed by atoms with Crippen molar-refractivity contribution in [3.63, 3.8) is 0 Å². The zero-order valence-electron chi connectivity index (χ0n) is 18.8. The molecule has 34 heavy (non-hydrogen) atoms. The third-order valence-corrected chi connectivity index (χ3v) is 5.62. The number of halogens is 4. The highest BCUT2D eigenvalue weighted by atomic mass is 35.5. The topological polar surface area (TPSA) is 72.0 Å². The van der Waals surface area contributed by atoms with E-state index in [-0.39, 0.29) is 36.4 Å². The number of piperazine rings is 1. The number of alkyl halides is 3. The van der Waals surface area contributed by atoms with Crippen molar-refractivity contribution in [3.05, 3.63) is 52.2 Å². The maximum Gasteiger partial charge on any atom is 0.417 e. The zero-order chi connectivity index (χ0) is 24.9. The fraction of sp³-hybridized carbons (Fsp3) is 0.435. The number of carbonyl (C=O) groups excluding carboxylic acids is 2. The van der Waals surface area contributed by atoms with E-state index in [9.17, 15) is 22.8 Å². The lowest BCUT2D eigenvalue weighted by molar-refractivity contribution is -0.152. The summed E-state index contributed by atoms with van der Waals surface area (Å²) < 4.78 is 49.0. The molecule has 0 atom stereocenters. The monoisotopic (exact) mass is 499 g/mol. The largest absolute Gasteiger partial charge is 0.493 e. The molecule has 184 valence electrons. The molecule has 0 unspecified atom stereocenters. The van der Waals surface area contributed by atoms with E-state index in [1.165, 1.54) is 4.90 Å². The number of benzene rings is 1. The Kier molecular flexibility index (Phi) is 8.24. The molecule has 1 aliphatic rings. The van der Waals surface area contributed by atoms with Crippen LogP contribution in [0.3, 0.4) is 0 Å². The van der Waals surface area contributed by atoms with E-state index < -0.39 is 17.7 Å². The molecule has 1 aromatic carbocycles. The van der Waals surface area contributed by atoms with Gasteiger partial charge in [0.2, 0.25) is 0 Å². The molecule has 7 nitrogen and oxygen atoms in total. The molecular formula is C23H25ClF3N3O4. The smallest absolute Gasteiger partial charge is 0.417 e. The van der Waals surface area contributed by atoms with Gasteiger partial charge in [0, 0.05) is 32.4 Å². The Morgan fingerprint density at radius 2 is 1.82 bits per heavy atom. The van der Waals surface area contributed by atoms with Gasteiger partial charge in [0.25, 0.3) is 5.91 Å². The van der Waals surface area contributed by atoms with Crippen LogP contribution in [-0.2, 0) is 20.5 Å². The SMILES string of the molecule is Cc1ccc(C)c(OCCC(=O)OCC(=O)N2CCN(c3ncc(C(F)(F)F)cc3Cl)CC2)c1. The maximum atomic E-state index is 12.8. The fourth-order valence-electron chi connectivity index (χ4n) is 3.40. The zero-order valence-corrected chi connectivity index (χ0v) is 19.6. The third-order valence-electron chi connectivity index (χ3n) is 5.35. The van der Waals surface area contributed by atoms with Crippen molar-refractivity contribution in [2.45, 2.75) is 26.4 Å². The number of nitrogens with zero attached hydrogens (tertiary/aromatic N) is 3. The Bertz CT molecular complexity index is 1040. The van der Waals surface area contributed by atoms with Crippen LogP contribution in [0.15, 0.2) is 30.5 Å². The maximum absolute atomic E-state index is 12.8. The first-order valence-electron chi connectivity index (χ1n) is 10.7. The predicted molar refractivity (Wildman–Crippen MR) is 120 cm³/mol. The molecule has 1 amide bonds. The molecule has 1 aliphatic heterocycles. The molecule has 0 radical (unpaired) electrons. The normalized spacial score (nSPS) is 14.2. The van der Waals surface area contributed by atoms with Crippen LogP contribution >= 0.6 is 11.6 Å². The van der Waals surface area contributed by atoms with E-state index in [1.807, 2.05) is 32.0 Å². The molecule has 2 aromatic rings. The van der Waals surface area contributed by atoms with Crippen molar-refractivity contribution in [1.82, 2.24) is 9.88 Å². The minimum absolute atomic E-state index is 0.00648. The predicted octanol–water partition coefficient (Wildman–Crippen LogP) is 4.03. The van der Waals surface area contributed by atoms with E-state index in [2.05, 4.69) is 4.98 Å². The number of hydrogen-bond donors (Lipinski definition) is 0. The third kappa shape index (κ3) is 6.75. The Labute approximate surface area is 200 Å². The average Bonchev–Trinajstić information content (AvgIpc) is 2.79. The number of aryl methyl sites for hydroxylation is 2. The molecule has 2 heterocycles. The lowest BCUT2D eigenvalue weighted by Crippen LogP contribution is -2.50. The number of hydrogen-bond acceptors (Lipinski definition) is 6. The molecule has 1 fully saturated rings. The van der Waals surface area contributed by atoms with Crippen LogP contribution in [0.1, 0.15) is 23.1 Å². The molecule has 0 aliphatic carbocycles. The molecule has 1 aromatic heterocycles. The number of ether oxygens (including phenoxy) is 2. The highest BCUT2D eigenvalue weighted by Crippen LogP contribution is 2.33. The summed E-state index contributed by atoms with van der Waals surface area (Å²) in [6.07, 6.45) is -3.78. The number of rotatable bonds is 7. The van der Waals surface area contributed by atoms with E-state index in [1.54, 1.807) is 4.90 Å². The summed E-state index contributed by atoms with van der Waals surface area (Å²) in [5.74, 6) is 0.0365. The Morgan fingerprint density at radius 1 is 1.12 bits per heavy atom. The van der Waals surface area contributed by atoms with Crippen molar-refractivity contribution in [2.75, 3.05) is 44.3 Å². The van der Waals surface area contributed by atoms with Crippen LogP contribution in [-0.4, -0.2) is 61.2 Å². The van der Waals surface area contributed by atoms with Gasteiger partial charge < -0.3 is 19.3 Å². The molecule has 0 bridgehead atoms. The molecule has 1 saturated heterocycles. The minimum Gasteiger partial charge on any atom is -0.493 e. The Balaban J connectivity index is 1.41. The summed E-state index contributed by atoms with van der Waals surface area (Å²) in [7, 11) is 0. The van der Waals surface area contributed by atoms with Gasteiger partial charge in [-0.3, -0.25) is 9.59 Å². The standard InChI is InChI=1S/C23H25ClF3N3O4/c1-15-3-4-16(2)19(11-15)33-10-5-21(32)34-14-20(31)29-6-8-30(9-7-29)22-18(24)12-17(13-28-22)23(25,26)27/h3-4,11-13H,5-10,14H2,1-2H3. The summed E-state index contributed by atoms with van der Waals surface area (Å²) in [5, 5.41) is -0.105. The number of amides is 1. The van der Waals surface area contributed by atoms with E-state index >= 15 is 0 Å². The molecule has 3 rings (SSSR count). The van der Waals surface area contributed by atoms with Crippen LogP contribution < -0.4 is 9.64 Å². The van der Waals surface area contributed by atoms with Gasteiger partial charge in [0.1, 0.15) is 11.6 Å². The fourth-order valence-corrected chi connectivity index (χ4v) is 3.68. The Hall–Kier alpha value is -3.01. The van der Waals surface area contributed by atoms with Crippen LogP contribution in [0.5, 0.6) is 5.75 Å². The van der Waals surface area contributed by atoms with Gasteiger partial charge in [0.15, 0.2) is 6.61 Å². The molecule has 11 heteroatoms. The highest BCUT2D eigenvalue weighted by Gasteiger charge is 2.32. The van der Waals surface area contributed by atoms with Gasteiger partial charge >= 0.3 is 12.1 Å². The van der Waals surface area contributed by atoms with Gasteiger partial charge in [-0.15, -0.1) is 0 Å². The summed E-state index contributed by atoms with van der Waals surface area (Å²) >= 11 is 6.00. The lowest BCUT2D eigenvalue weighted by Gasteiger charge is -2.35. The molecule has 0 saturated carbocycles. The van der Waals surface area contributed by atoms with E-state index in [0.717, 1.165) is 23.4 Å². The first-order valence-corrected chi connectivity index (χ1v) is 11.0. The van der Waals surface area contributed by atoms with Gasteiger partial charge in [0.05, 0.1) is 23.6 Å². The Morgan fingerprint density at radius 3 is 2.47 bits per heavy atom. The lowest BCUT2D eigenvalue weighted by atomic mass is 10.1. The van der Waals surface area contributed by atoms with Gasteiger partial charge in [-0.1, -0.05) is 23.7 Å². The second kappa shape index (κ2) is 10.9. The quantitative estimate of drug-likeness (QED) is 0.536.